The summed E-state index contributed by atoms with van der Waals surface area (Å²) < 4.78 is 17.6. The van der Waals surface area contributed by atoms with Crippen molar-refractivity contribution in [3.63, 3.8) is 0 Å². The molecule has 3 rings (SSSR count). The van der Waals surface area contributed by atoms with Gasteiger partial charge in [-0.15, -0.1) is 0 Å². The second-order valence-corrected chi connectivity index (χ2v) is 5.66. The normalized spacial score (nSPS) is 10.3. The summed E-state index contributed by atoms with van der Waals surface area (Å²) in [5, 5.41) is 19.9. The van der Waals surface area contributed by atoms with Gasteiger partial charge in [-0.2, -0.15) is 0 Å². The number of phenolic OH excluding ortho intramolecular Hbond substituents is 1. The Kier molecular flexibility index (Phi) is 7.07. The van der Waals surface area contributed by atoms with Gasteiger partial charge in [0.1, 0.15) is 16.9 Å². The Balaban J connectivity index is 0.00000261. The first-order valence-corrected chi connectivity index (χ1v) is 7.61. The molecule has 27 heavy (non-hydrogen) atoms. The minimum atomic E-state index is -1.26. The summed E-state index contributed by atoms with van der Waals surface area (Å²) in [5.41, 5.74) is 1.05. The number of rotatable bonds is 4. The molecule has 0 fully saturated rings. The number of methoxy groups -OCH3 is 1. The molecule has 0 amide bonds. The zero-order valence-electron chi connectivity index (χ0n) is 14.7. The first-order valence-electron chi connectivity index (χ1n) is 7.61. The van der Waals surface area contributed by atoms with Crippen molar-refractivity contribution in [2.45, 2.75) is 6.42 Å². The smallest absolute Gasteiger partial charge is 0.341 e. The summed E-state index contributed by atoms with van der Waals surface area (Å²) in [6.07, 6.45) is 1.87. The second-order valence-electron chi connectivity index (χ2n) is 5.66. The van der Waals surface area contributed by atoms with Crippen molar-refractivity contribution in [1.29, 1.82) is 0 Å². The van der Waals surface area contributed by atoms with Crippen molar-refractivity contribution in [1.82, 2.24) is 4.98 Å². The molecular weight excluding hydrogens is 380 g/mol. The second kappa shape index (κ2) is 8.90. The fourth-order valence-electron chi connectivity index (χ4n) is 2.70. The molecule has 0 unspecified atom stereocenters. The number of ether oxygens (including phenoxy) is 1. The van der Waals surface area contributed by atoms with Crippen LogP contribution in [-0.2, 0) is 11.2 Å². The molecule has 133 valence electrons. The number of hydrogen-bond acceptors (Lipinski definition) is 5. The van der Waals surface area contributed by atoms with Crippen LogP contribution in [0.25, 0.3) is 10.9 Å². The molecule has 0 saturated carbocycles. The number of hydrogen-bond donors (Lipinski definition) is 2. The molecule has 2 N–H and O–H groups in total. The van der Waals surface area contributed by atoms with Gasteiger partial charge in [-0.3, -0.25) is 4.98 Å². The molecule has 1 aromatic heterocycles. The molecular formula is C19H14FKNO5. The average molecular weight is 394 g/mol. The molecule has 0 atom stereocenters. The number of carboxylic acid groups (broad SMARTS) is 1. The SMILES string of the molecule is COC(=O)c1cc(C(=O)O)c2cc(Cc3ccc(F)cc3)cnc2c1O.[K]. The quantitative estimate of drug-likeness (QED) is 0.522. The van der Waals surface area contributed by atoms with Crippen LogP contribution in [0.2, 0.25) is 0 Å². The van der Waals surface area contributed by atoms with Crippen molar-refractivity contribution in [2.75, 3.05) is 7.11 Å². The van der Waals surface area contributed by atoms with E-state index in [1.165, 1.54) is 18.3 Å². The third-order valence-corrected chi connectivity index (χ3v) is 3.96. The summed E-state index contributed by atoms with van der Waals surface area (Å²) in [6, 6.07) is 8.55. The molecule has 1 heterocycles. The first kappa shape index (κ1) is 21.5. The van der Waals surface area contributed by atoms with Gasteiger partial charge in [0.05, 0.1) is 12.7 Å². The summed E-state index contributed by atoms with van der Waals surface area (Å²) in [7, 11) is 1.13. The molecule has 0 aliphatic rings. The zero-order valence-corrected chi connectivity index (χ0v) is 17.8. The number of carboxylic acids is 1. The Hall–Kier alpha value is -1.84. The Morgan fingerprint density at radius 2 is 1.78 bits per heavy atom. The van der Waals surface area contributed by atoms with Gasteiger partial charge < -0.3 is 14.9 Å². The number of esters is 1. The number of fused-ring (bicyclic) bond motifs is 1. The Morgan fingerprint density at radius 1 is 1.11 bits per heavy atom. The molecule has 2 aromatic carbocycles. The van der Waals surface area contributed by atoms with Crippen molar-refractivity contribution >= 4 is 74.2 Å². The van der Waals surface area contributed by atoms with Gasteiger partial charge in [-0.05, 0) is 41.8 Å². The van der Waals surface area contributed by atoms with Crippen molar-refractivity contribution < 1.29 is 28.9 Å². The van der Waals surface area contributed by atoms with E-state index in [0.29, 0.717) is 12.0 Å². The fraction of sp³-hybridized carbons (Fsp3) is 0.105. The van der Waals surface area contributed by atoms with Gasteiger partial charge in [0.15, 0.2) is 5.75 Å². The van der Waals surface area contributed by atoms with Crippen LogP contribution in [0.15, 0.2) is 42.6 Å². The maximum Gasteiger partial charge on any atom is 0.341 e. The number of phenols is 1. The van der Waals surface area contributed by atoms with E-state index in [1.807, 2.05) is 0 Å². The Bertz CT molecular complexity index is 1020. The van der Waals surface area contributed by atoms with E-state index < -0.39 is 17.7 Å². The summed E-state index contributed by atoms with van der Waals surface area (Å²) >= 11 is 0. The fourth-order valence-corrected chi connectivity index (χ4v) is 2.70. The maximum absolute atomic E-state index is 13.0. The monoisotopic (exact) mass is 394 g/mol. The van der Waals surface area contributed by atoms with Crippen molar-refractivity contribution in [2.24, 2.45) is 0 Å². The number of aromatic carboxylic acids is 1. The average Bonchev–Trinajstić information content (AvgIpc) is 2.63. The number of pyridine rings is 1. The summed E-state index contributed by atoms with van der Waals surface area (Å²) in [6.45, 7) is 0. The minimum absolute atomic E-state index is 0. The maximum atomic E-state index is 13.0. The van der Waals surface area contributed by atoms with E-state index in [1.54, 1.807) is 18.2 Å². The van der Waals surface area contributed by atoms with Gasteiger partial charge in [0.25, 0.3) is 0 Å². The number of aromatic nitrogens is 1. The van der Waals surface area contributed by atoms with Gasteiger partial charge in [0, 0.05) is 63.0 Å². The third-order valence-electron chi connectivity index (χ3n) is 3.96. The molecule has 0 bridgehead atoms. The van der Waals surface area contributed by atoms with E-state index >= 15 is 0 Å². The van der Waals surface area contributed by atoms with Crippen molar-refractivity contribution in [3.05, 3.63) is 70.7 Å². The van der Waals surface area contributed by atoms with Crippen LogP contribution >= 0.6 is 0 Å². The number of nitrogens with zero attached hydrogens (tertiary/aromatic N) is 1. The first-order chi connectivity index (χ1) is 12.4. The molecule has 8 heteroatoms. The standard InChI is InChI=1S/C19H14FNO5.K/c1-26-19(25)15-8-14(18(23)24)13-7-11(9-21-16(13)17(15)22)6-10-2-4-12(20)5-3-10;/h2-5,7-9,22H,6H2,1H3,(H,23,24);. The molecule has 0 saturated heterocycles. The van der Waals surface area contributed by atoms with Crippen LogP contribution < -0.4 is 0 Å². The van der Waals surface area contributed by atoms with Gasteiger partial charge >= 0.3 is 11.9 Å². The Morgan fingerprint density at radius 3 is 2.37 bits per heavy atom. The molecule has 0 aliphatic carbocycles. The minimum Gasteiger partial charge on any atom is -0.505 e. The van der Waals surface area contributed by atoms with Crippen LogP contribution in [0.4, 0.5) is 4.39 Å². The molecule has 1 radical (unpaired) electrons. The molecule has 0 spiro atoms. The van der Waals surface area contributed by atoms with Crippen LogP contribution in [0.1, 0.15) is 31.8 Å². The number of benzene rings is 2. The van der Waals surface area contributed by atoms with Gasteiger partial charge in [0.2, 0.25) is 0 Å². The number of aromatic hydroxyl groups is 1. The molecule has 0 aliphatic heterocycles. The number of carbonyl (C=O) groups is 2. The van der Waals surface area contributed by atoms with Crippen LogP contribution in [0.5, 0.6) is 5.75 Å². The number of carbonyl (C=O) groups excluding carboxylic acids is 1. The van der Waals surface area contributed by atoms with E-state index in [2.05, 4.69) is 9.72 Å². The topological polar surface area (TPSA) is 96.7 Å². The van der Waals surface area contributed by atoms with Crippen LogP contribution in [0, 0.1) is 5.82 Å². The van der Waals surface area contributed by atoms with E-state index in [9.17, 15) is 24.2 Å². The van der Waals surface area contributed by atoms with E-state index in [0.717, 1.165) is 18.7 Å². The summed E-state index contributed by atoms with van der Waals surface area (Å²) in [4.78, 5) is 27.5. The summed E-state index contributed by atoms with van der Waals surface area (Å²) in [5.74, 6) is -2.91. The van der Waals surface area contributed by atoms with E-state index in [4.69, 9.17) is 0 Å². The van der Waals surface area contributed by atoms with Crippen molar-refractivity contribution in [3.8, 4) is 5.75 Å². The predicted octanol–water partition coefficient (Wildman–Crippen LogP) is 2.77. The largest absolute Gasteiger partial charge is 0.505 e. The zero-order chi connectivity index (χ0) is 18.8. The van der Waals surface area contributed by atoms with Crippen LogP contribution in [-0.4, -0.2) is 85.6 Å². The Labute approximate surface area is 196 Å². The predicted molar refractivity (Wildman–Crippen MR) is 96.7 cm³/mol. The molecule has 3 aromatic rings. The van der Waals surface area contributed by atoms with Gasteiger partial charge in [-0.25, -0.2) is 14.0 Å². The van der Waals surface area contributed by atoms with Crippen LogP contribution in [0.3, 0.4) is 0 Å². The van der Waals surface area contributed by atoms with E-state index in [-0.39, 0.29) is 79.2 Å². The third kappa shape index (κ3) is 4.53. The van der Waals surface area contributed by atoms with Gasteiger partial charge in [-0.1, -0.05) is 12.1 Å². The molecule has 6 nitrogen and oxygen atoms in total. The number of halogens is 1.